The SMILES string of the molecule is CC(CCO)CNC(=O)NC1CC2CCC1O2. The summed E-state index contributed by atoms with van der Waals surface area (Å²) in [5.41, 5.74) is 0. The first-order chi connectivity index (χ1) is 8.19. The highest BCUT2D eigenvalue weighted by Gasteiger charge is 2.41. The molecular weight excluding hydrogens is 220 g/mol. The highest BCUT2D eigenvalue weighted by molar-refractivity contribution is 5.74. The van der Waals surface area contributed by atoms with Crippen molar-refractivity contribution in [3.63, 3.8) is 0 Å². The third kappa shape index (κ3) is 3.33. The van der Waals surface area contributed by atoms with Crippen LogP contribution in [0.4, 0.5) is 4.79 Å². The van der Waals surface area contributed by atoms with E-state index in [2.05, 4.69) is 10.6 Å². The fraction of sp³-hybridized carbons (Fsp3) is 0.917. The molecule has 2 saturated heterocycles. The Kier molecular flexibility index (Phi) is 4.23. The van der Waals surface area contributed by atoms with Crippen LogP contribution in [0.5, 0.6) is 0 Å². The lowest BCUT2D eigenvalue weighted by Crippen LogP contribution is -2.47. The molecule has 2 bridgehead atoms. The van der Waals surface area contributed by atoms with Gasteiger partial charge in [-0.05, 0) is 31.6 Å². The van der Waals surface area contributed by atoms with Gasteiger partial charge in [-0.15, -0.1) is 0 Å². The quantitative estimate of drug-likeness (QED) is 0.662. The van der Waals surface area contributed by atoms with Crippen LogP contribution in [-0.2, 0) is 4.74 Å². The van der Waals surface area contributed by atoms with E-state index in [1.54, 1.807) is 0 Å². The predicted molar refractivity (Wildman–Crippen MR) is 63.7 cm³/mol. The Hall–Kier alpha value is -0.810. The fourth-order valence-electron chi connectivity index (χ4n) is 2.60. The molecule has 2 aliphatic rings. The molecule has 2 amide bonds. The molecule has 4 unspecified atom stereocenters. The first-order valence-electron chi connectivity index (χ1n) is 6.49. The molecule has 0 aromatic carbocycles. The minimum atomic E-state index is -0.115. The van der Waals surface area contributed by atoms with Crippen molar-refractivity contribution in [1.82, 2.24) is 10.6 Å². The summed E-state index contributed by atoms with van der Waals surface area (Å²) >= 11 is 0. The number of carbonyl (C=O) groups excluding carboxylic acids is 1. The Morgan fingerprint density at radius 3 is 2.94 bits per heavy atom. The zero-order valence-electron chi connectivity index (χ0n) is 10.3. The fourth-order valence-corrected chi connectivity index (χ4v) is 2.60. The minimum Gasteiger partial charge on any atom is -0.396 e. The van der Waals surface area contributed by atoms with Crippen molar-refractivity contribution in [2.75, 3.05) is 13.2 Å². The van der Waals surface area contributed by atoms with Gasteiger partial charge in [0.25, 0.3) is 0 Å². The highest BCUT2D eigenvalue weighted by atomic mass is 16.5. The van der Waals surface area contributed by atoms with Crippen LogP contribution in [0.2, 0.25) is 0 Å². The molecule has 2 aliphatic heterocycles. The molecule has 5 heteroatoms. The number of ether oxygens (including phenoxy) is 1. The number of hydrogen-bond acceptors (Lipinski definition) is 3. The Morgan fingerprint density at radius 2 is 2.35 bits per heavy atom. The van der Waals surface area contributed by atoms with E-state index in [9.17, 15) is 4.79 Å². The number of carbonyl (C=O) groups is 1. The highest BCUT2D eigenvalue weighted by Crippen LogP contribution is 2.34. The Labute approximate surface area is 102 Å². The summed E-state index contributed by atoms with van der Waals surface area (Å²) in [5, 5.41) is 14.6. The molecule has 2 fully saturated rings. The van der Waals surface area contributed by atoms with E-state index >= 15 is 0 Å². The van der Waals surface area contributed by atoms with Gasteiger partial charge in [-0.1, -0.05) is 6.92 Å². The summed E-state index contributed by atoms with van der Waals surface area (Å²) < 4.78 is 5.67. The number of hydrogen-bond donors (Lipinski definition) is 3. The molecule has 17 heavy (non-hydrogen) atoms. The third-order valence-electron chi connectivity index (χ3n) is 3.66. The smallest absolute Gasteiger partial charge is 0.315 e. The van der Waals surface area contributed by atoms with Crippen molar-refractivity contribution in [1.29, 1.82) is 0 Å². The third-order valence-corrected chi connectivity index (χ3v) is 3.66. The van der Waals surface area contributed by atoms with Crippen LogP contribution < -0.4 is 10.6 Å². The Morgan fingerprint density at radius 1 is 1.53 bits per heavy atom. The van der Waals surface area contributed by atoms with E-state index in [1.165, 1.54) is 0 Å². The molecule has 3 N–H and O–H groups in total. The molecule has 0 radical (unpaired) electrons. The summed E-state index contributed by atoms with van der Waals surface area (Å²) in [5.74, 6) is 0.307. The van der Waals surface area contributed by atoms with Gasteiger partial charge in [0.2, 0.25) is 0 Å². The van der Waals surface area contributed by atoms with Crippen LogP contribution in [-0.4, -0.2) is 42.5 Å². The van der Waals surface area contributed by atoms with Crippen LogP contribution in [0.25, 0.3) is 0 Å². The lowest BCUT2D eigenvalue weighted by atomic mass is 9.96. The monoisotopic (exact) mass is 242 g/mol. The van der Waals surface area contributed by atoms with E-state index < -0.39 is 0 Å². The van der Waals surface area contributed by atoms with Crippen molar-refractivity contribution in [3.8, 4) is 0 Å². The Bertz CT molecular complexity index is 272. The summed E-state index contributed by atoms with van der Waals surface area (Å²) in [6.45, 7) is 2.79. The molecular formula is C12H22N2O3. The van der Waals surface area contributed by atoms with Crippen LogP contribution >= 0.6 is 0 Å². The van der Waals surface area contributed by atoms with E-state index in [0.29, 0.717) is 18.6 Å². The molecule has 5 nitrogen and oxygen atoms in total. The number of aliphatic hydroxyl groups is 1. The second-order valence-corrected chi connectivity index (χ2v) is 5.19. The van der Waals surface area contributed by atoms with Crippen LogP contribution in [0, 0.1) is 5.92 Å². The minimum absolute atomic E-state index is 0.115. The number of rotatable bonds is 5. The average Bonchev–Trinajstić information content (AvgIpc) is 2.88. The normalized spacial score (nSPS) is 32.5. The Balaban J connectivity index is 1.64. The van der Waals surface area contributed by atoms with E-state index in [0.717, 1.165) is 25.7 Å². The van der Waals surface area contributed by atoms with Gasteiger partial charge in [-0.2, -0.15) is 0 Å². The maximum absolute atomic E-state index is 11.6. The molecule has 98 valence electrons. The zero-order chi connectivity index (χ0) is 12.3. The summed E-state index contributed by atoms with van der Waals surface area (Å²) in [4.78, 5) is 11.6. The average molecular weight is 242 g/mol. The summed E-state index contributed by atoms with van der Waals surface area (Å²) in [7, 11) is 0. The summed E-state index contributed by atoms with van der Waals surface area (Å²) in [6.07, 6.45) is 4.45. The van der Waals surface area contributed by atoms with E-state index in [-0.39, 0.29) is 24.8 Å². The van der Waals surface area contributed by atoms with Gasteiger partial charge in [-0.25, -0.2) is 4.79 Å². The number of fused-ring (bicyclic) bond motifs is 2. The molecule has 0 aromatic rings. The summed E-state index contributed by atoms with van der Waals surface area (Å²) in [6, 6.07) is 0.0674. The first-order valence-corrected chi connectivity index (χ1v) is 6.49. The maximum Gasteiger partial charge on any atom is 0.315 e. The van der Waals surface area contributed by atoms with Gasteiger partial charge >= 0.3 is 6.03 Å². The molecule has 0 spiro atoms. The molecule has 0 aromatic heterocycles. The standard InChI is InChI=1S/C12H22N2O3/c1-8(4-5-15)7-13-12(16)14-10-6-9-2-3-11(10)17-9/h8-11,15H,2-7H2,1H3,(H2,13,14,16). The van der Waals surface area contributed by atoms with Gasteiger partial charge in [0.05, 0.1) is 18.2 Å². The number of nitrogens with one attached hydrogen (secondary N) is 2. The lowest BCUT2D eigenvalue weighted by Gasteiger charge is -2.21. The van der Waals surface area contributed by atoms with Gasteiger partial charge in [-0.3, -0.25) is 0 Å². The van der Waals surface area contributed by atoms with Crippen LogP contribution in [0.3, 0.4) is 0 Å². The van der Waals surface area contributed by atoms with Gasteiger partial charge in [0.1, 0.15) is 0 Å². The van der Waals surface area contributed by atoms with E-state index in [4.69, 9.17) is 9.84 Å². The van der Waals surface area contributed by atoms with Crippen molar-refractivity contribution in [2.45, 2.75) is 50.9 Å². The predicted octanol–water partition coefficient (Wildman–Crippen LogP) is 0.624. The molecule has 0 aliphatic carbocycles. The van der Waals surface area contributed by atoms with Gasteiger partial charge in [0.15, 0.2) is 0 Å². The molecule has 4 atom stereocenters. The van der Waals surface area contributed by atoms with Crippen molar-refractivity contribution in [2.24, 2.45) is 5.92 Å². The lowest BCUT2D eigenvalue weighted by molar-refractivity contribution is 0.0981. The topological polar surface area (TPSA) is 70.6 Å². The number of urea groups is 1. The second kappa shape index (κ2) is 5.69. The van der Waals surface area contributed by atoms with Gasteiger partial charge < -0.3 is 20.5 Å². The molecule has 2 rings (SSSR count). The van der Waals surface area contributed by atoms with Crippen LogP contribution in [0.15, 0.2) is 0 Å². The number of amides is 2. The van der Waals surface area contributed by atoms with E-state index in [1.807, 2.05) is 6.92 Å². The zero-order valence-corrected chi connectivity index (χ0v) is 10.3. The van der Waals surface area contributed by atoms with Crippen molar-refractivity contribution >= 4 is 6.03 Å². The van der Waals surface area contributed by atoms with Crippen LogP contribution in [0.1, 0.15) is 32.6 Å². The second-order valence-electron chi connectivity index (χ2n) is 5.19. The van der Waals surface area contributed by atoms with Crippen molar-refractivity contribution in [3.05, 3.63) is 0 Å². The first kappa shape index (κ1) is 12.6. The van der Waals surface area contributed by atoms with Gasteiger partial charge in [0, 0.05) is 13.2 Å². The molecule has 2 heterocycles. The van der Waals surface area contributed by atoms with Crippen molar-refractivity contribution < 1.29 is 14.6 Å². The largest absolute Gasteiger partial charge is 0.396 e. The maximum atomic E-state index is 11.6. The number of aliphatic hydroxyl groups excluding tert-OH is 1. The molecule has 0 saturated carbocycles.